The van der Waals surface area contributed by atoms with Crippen LogP contribution in [0.3, 0.4) is 0 Å². The Kier molecular flexibility index (Phi) is 7.13. The van der Waals surface area contributed by atoms with Crippen LogP contribution in [0.2, 0.25) is 0 Å². The zero-order valence-electron chi connectivity index (χ0n) is 17.7. The van der Waals surface area contributed by atoms with Crippen LogP contribution in [0, 0.1) is 58.2 Å². The lowest BCUT2D eigenvalue weighted by Crippen LogP contribution is -2.52. The third kappa shape index (κ3) is 4.15. The van der Waals surface area contributed by atoms with Crippen LogP contribution in [0.5, 0.6) is 0 Å². The van der Waals surface area contributed by atoms with E-state index in [1.165, 1.54) is 60.7 Å². The summed E-state index contributed by atoms with van der Waals surface area (Å²) < 4.78 is 145. The van der Waals surface area contributed by atoms with Crippen LogP contribution in [0.4, 0.5) is 43.9 Å². The third-order valence-electron chi connectivity index (χ3n) is 5.72. The first kappa shape index (κ1) is 25.8. The zero-order valence-corrected chi connectivity index (χ0v) is 18.6. The Morgan fingerprint density at radius 3 is 0.889 bits per heavy atom. The van der Waals surface area contributed by atoms with Crippen LogP contribution in [0.25, 0.3) is 0 Å². The molecule has 0 aliphatic carbocycles. The van der Waals surface area contributed by atoms with Gasteiger partial charge in [-0.3, -0.25) is 0 Å². The van der Waals surface area contributed by atoms with Crippen molar-refractivity contribution in [2.24, 2.45) is 0 Å². The predicted molar refractivity (Wildman–Crippen MR) is 118 cm³/mol. The molecule has 0 aliphatic heterocycles. The van der Waals surface area contributed by atoms with Crippen LogP contribution >= 0.6 is 7.80 Å². The smallest absolute Gasteiger partial charge is 0.200 e. The van der Waals surface area contributed by atoms with Crippen molar-refractivity contribution in [1.29, 1.82) is 0 Å². The normalized spacial score (nSPS) is 11.6. The SMILES string of the molecule is Fc1c(F)c(F)c([BH-](c2c(F)c(F)c(F)c(F)c2F)P(c2ccccc2)c2ccccc2)c(F)c1F. The van der Waals surface area contributed by atoms with Gasteiger partial charge in [0.25, 0.3) is 0 Å². The summed E-state index contributed by atoms with van der Waals surface area (Å²) >= 11 is 0. The van der Waals surface area contributed by atoms with Gasteiger partial charge in [0.2, 0.25) is 0 Å². The number of benzene rings is 4. The van der Waals surface area contributed by atoms with Crippen molar-refractivity contribution in [3.8, 4) is 0 Å². The lowest BCUT2D eigenvalue weighted by atomic mass is 9.60. The highest BCUT2D eigenvalue weighted by Gasteiger charge is 2.36. The predicted octanol–water partition coefficient (Wildman–Crippen LogP) is 5.05. The van der Waals surface area contributed by atoms with Crippen molar-refractivity contribution in [3.63, 3.8) is 0 Å². The molecule has 4 aromatic carbocycles. The second kappa shape index (κ2) is 9.97. The summed E-state index contributed by atoms with van der Waals surface area (Å²) in [4.78, 5) is 0. The average molecular weight is 531 g/mol. The Bertz CT molecular complexity index is 1280. The molecule has 0 aromatic heterocycles. The molecule has 0 spiro atoms. The van der Waals surface area contributed by atoms with E-state index in [2.05, 4.69) is 0 Å². The molecular weight excluding hydrogens is 520 g/mol. The van der Waals surface area contributed by atoms with Crippen LogP contribution in [0.1, 0.15) is 0 Å². The first-order valence-electron chi connectivity index (χ1n) is 10.2. The fourth-order valence-corrected chi connectivity index (χ4v) is 7.39. The van der Waals surface area contributed by atoms with Gasteiger partial charge in [-0.25, -0.2) is 51.7 Å². The lowest BCUT2D eigenvalue weighted by Gasteiger charge is -2.38. The molecule has 36 heavy (non-hydrogen) atoms. The Balaban J connectivity index is 2.22. The highest BCUT2D eigenvalue weighted by atomic mass is 31.1. The molecule has 0 saturated carbocycles. The van der Waals surface area contributed by atoms with Gasteiger partial charge in [-0.2, -0.15) is 0 Å². The monoisotopic (exact) mass is 531 g/mol. The molecular formula is C24H11BF10P-. The van der Waals surface area contributed by atoms with Crippen LogP contribution in [-0.2, 0) is 0 Å². The molecule has 0 atom stereocenters. The average Bonchev–Trinajstić information content (AvgIpc) is 2.90. The standard InChI is InChI=1S/C24H11BF10P/c26-15-13(16(27)20(31)23(34)19(15)30)25(14-17(28)21(32)24(35)22(33)18(14)29)36(11-7-3-1-4-8-11)12-9-5-2-6-10-12/h1-10,25H/q-1. The molecule has 0 bridgehead atoms. The van der Waals surface area contributed by atoms with Crippen molar-refractivity contribution < 1.29 is 43.9 Å². The van der Waals surface area contributed by atoms with E-state index in [0.29, 0.717) is 0 Å². The molecule has 186 valence electrons. The van der Waals surface area contributed by atoms with Crippen molar-refractivity contribution in [2.75, 3.05) is 0 Å². The maximum absolute atomic E-state index is 15.1. The molecule has 0 heterocycles. The van der Waals surface area contributed by atoms with E-state index in [9.17, 15) is 26.3 Å². The Morgan fingerprint density at radius 2 is 0.611 bits per heavy atom. The molecule has 0 aliphatic rings. The van der Waals surface area contributed by atoms with Crippen molar-refractivity contribution in [1.82, 2.24) is 0 Å². The summed E-state index contributed by atoms with van der Waals surface area (Å²) in [6, 6.07) is 14.2. The highest BCUT2D eigenvalue weighted by molar-refractivity contribution is 8.04. The lowest BCUT2D eigenvalue weighted by molar-refractivity contribution is 0.382. The van der Waals surface area contributed by atoms with Crippen LogP contribution in [0.15, 0.2) is 60.7 Å². The van der Waals surface area contributed by atoms with Gasteiger partial charge in [0.1, 0.15) is 23.3 Å². The summed E-state index contributed by atoms with van der Waals surface area (Å²) in [5.41, 5.74) is -3.29. The molecule has 4 rings (SSSR count). The fourth-order valence-electron chi connectivity index (χ4n) is 4.11. The van der Waals surface area contributed by atoms with Crippen molar-refractivity contribution >= 4 is 35.8 Å². The zero-order chi connectivity index (χ0) is 26.3. The van der Waals surface area contributed by atoms with E-state index >= 15 is 17.6 Å². The van der Waals surface area contributed by atoms with Gasteiger partial charge in [-0.05, 0) is 0 Å². The van der Waals surface area contributed by atoms with E-state index in [1.54, 1.807) is 0 Å². The molecule has 0 fully saturated rings. The fraction of sp³-hybridized carbons (Fsp3) is 0. The molecule has 0 nitrogen and oxygen atoms in total. The second-order valence-corrected chi connectivity index (χ2v) is 10.2. The van der Waals surface area contributed by atoms with Gasteiger partial charge >= 0.3 is 0 Å². The van der Waals surface area contributed by atoms with Gasteiger partial charge in [-0.15, -0.1) is 10.9 Å². The van der Waals surface area contributed by atoms with E-state index in [-0.39, 0.29) is 10.6 Å². The maximum Gasteiger partial charge on any atom is 0.200 e. The summed E-state index contributed by atoms with van der Waals surface area (Å²) in [6.07, 6.45) is -3.74. The summed E-state index contributed by atoms with van der Waals surface area (Å²) in [5.74, 6) is -24.4. The minimum Gasteiger partial charge on any atom is -0.207 e. The van der Waals surface area contributed by atoms with E-state index < -0.39 is 83.3 Å². The van der Waals surface area contributed by atoms with E-state index in [1.807, 2.05) is 0 Å². The number of hydrogen-bond donors (Lipinski definition) is 0. The van der Waals surface area contributed by atoms with Crippen molar-refractivity contribution in [3.05, 3.63) is 119 Å². The van der Waals surface area contributed by atoms with Crippen molar-refractivity contribution in [2.45, 2.75) is 0 Å². The molecule has 0 N–H and O–H groups in total. The Hall–Kier alpha value is -3.33. The molecule has 12 heteroatoms. The minimum atomic E-state index is -3.74. The molecule has 0 unspecified atom stereocenters. The van der Waals surface area contributed by atoms with Gasteiger partial charge in [-0.1, -0.05) is 71.3 Å². The first-order valence-corrected chi connectivity index (χ1v) is 11.7. The molecule has 0 saturated heterocycles. The van der Waals surface area contributed by atoms with Gasteiger partial charge in [0.15, 0.2) is 34.9 Å². The topological polar surface area (TPSA) is 0 Å². The van der Waals surface area contributed by atoms with Gasteiger partial charge in [0, 0.05) is 0 Å². The van der Waals surface area contributed by atoms with E-state index in [4.69, 9.17) is 0 Å². The Morgan fingerprint density at radius 1 is 0.361 bits per heavy atom. The summed E-state index contributed by atoms with van der Waals surface area (Å²) in [7, 11) is -2.49. The van der Waals surface area contributed by atoms with Gasteiger partial charge < -0.3 is 0 Å². The molecule has 4 aromatic rings. The molecule has 0 radical (unpaired) electrons. The number of halogens is 10. The van der Waals surface area contributed by atoms with E-state index in [0.717, 1.165) is 0 Å². The maximum atomic E-state index is 15.1. The molecule has 0 amide bonds. The Labute approximate surface area is 199 Å². The first-order chi connectivity index (χ1) is 17.1. The summed E-state index contributed by atoms with van der Waals surface area (Å²) in [6.45, 7) is 0. The largest absolute Gasteiger partial charge is 0.207 e. The van der Waals surface area contributed by atoms with Gasteiger partial charge in [0.05, 0.1) is 6.43 Å². The summed E-state index contributed by atoms with van der Waals surface area (Å²) in [5, 5.41) is 0.262. The number of rotatable bonds is 5. The van der Waals surface area contributed by atoms with Crippen LogP contribution < -0.4 is 21.5 Å². The quantitative estimate of drug-likeness (QED) is 0.111. The van der Waals surface area contributed by atoms with Crippen LogP contribution in [-0.4, -0.2) is 6.43 Å². The minimum absolute atomic E-state index is 0.131. The third-order valence-corrected chi connectivity index (χ3v) is 8.83. The second-order valence-electron chi connectivity index (χ2n) is 7.69. The number of hydrogen-bond acceptors (Lipinski definition) is 0. The highest BCUT2D eigenvalue weighted by Crippen LogP contribution is 2.39.